The fourth-order valence-electron chi connectivity index (χ4n) is 5.16. The lowest BCUT2D eigenvalue weighted by Gasteiger charge is -2.38. The first-order valence-electron chi connectivity index (χ1n) is 13.8. The Kier molecular flexibility index (Phi) is 10.7. The van der Waals surface area contributed by atoms with Crippen molar-refractivity contribution in [3.8, 4) is 0 Å². The summed E-state index contributed by atoms with van der Waals surface area (Å²) >= 11 is 0. The van der Waals surface area contributed by atoms with Crippen molar-refractivity contribution in [3.05, 3.63) is 65.2 Å². The van der Waals surface area contributed by atoms with Crippen molar-refractivity contribution in [2.24, 2.45) is 0 Å². The van der Waals surface area contributed by atoms with E-state index in [2.05, 4.69) is 10.2 Å². The lowest BCUT2D eigenvalue weighted by Crippen LogP contribution is -2.40. The van der Waals surface area contributed by atoms with Crippen molar-refractivity contribution >= 4 is 17.6 Å². The lowest BCUT2D eigenvalue weighted by molar-refractivity contribution is -0.253. The van der Waals surface area contributed by atoms with E-state index < -0.39 is 12.3 Å². The number of carboxylic acid groups (broad SMARTS) is 1. The van der Waals surface area contributed by atoms with Crippen LogP contribution in [0.15, 0.2) is 48.5 Å². The number of amides is 1. The van der Waals surface area contributed by atoms with Gasteiger partial charge in [0.25, 0.3) is 0 Å². The number of aliphatic carboxylic acids is 1. The van der Waals surface area contributed by atoms with Gasteiger partial charge >= 0.3 is 5.97 Å². The van der Waals surface area contributed by atoms with Crippen LogP contribution in [0, 0.1) is 0 Å². The number of carboxylic acids is 1. The normalized spacial score (nSPS) is 22.8. The van der Waals surface area contributed by atoms with E-state index in [1.54, 1.807) is 0 Å². The molecule has 38 heavy (non-hydrogen) atoms. The van der Waals surface area contributed by atoms with Gasteiger partial charge in [0.1, 0.15) is 0 Å². The molecule has 0 radical (unpaired) electrons. The highest BCUT2D eigenvalue weighted by Gasteiger charge is 2.33. The van der Waals surface area contributed by atoms with Crippen LogP contribution in [0.2, 0.25) is 0 Å². The number of aliphatic hydroxyl groups excluding tert-OH is 1. The minimum absolute atomic E-state index is 0.0115. The van der Waals surface area contributed by atoms with E-state index in [0.29, 0.717) is 12.1 Å². The first kappa shape index (κ1) is 28.2. The number of carbonyl (C=O) groups excluding carboxylic acids is 1. The number of ether oxygens (including phenoxy) is 2. The zero-order valence-corrected chi connectivity index (χ0v) is 22.0. The Morgan fingerprint density at radius 3 is 2.18 bits per heavy atom. The molecule has 8 nitrogen and oxygen atoms in total. The Bertz CT molecular complexity index is 1020. The van der Waals surface area contributed by atoms with Gasteiger partial charge in [0.15, 0.2) is 6.29 Å². The van der Waals surface area contributed by atoms with Gasteiger partial charge in [-0.25, -0.2) is 0 Å². The van der Waals surface area contributed by atoms with Crippen molar-refractivity contribution < 1.29 is 29.3 Å². The van der Waals surface area contributed by atoms with Gasteiger partial charge in [0.05, 0.1) is 18.8 Å². The molecule has 2 fully saturated rings. The van der Waals surface area contributed by atoms with Gasteiger partial charge in [-0.3, -0.25) is 9.59 Å². The number of likely N-dealkylation sites (tertiary alicyclic amines) is 1. The zero-order valence-electron chi connectivity index (χ0n) is 22.0. The molecule has 8 heteroatoms. The summed E-state index contributed by atoms with van der Waals surface area (Å²) in [5, 5.41) is 21.0. The van der Waals surface area contributed by atoms with Gasteiger partial charge < -0.3 is 29.9 Å². The number of hydrogen-bond donors (Lipinski definition) is 3. The predicted octanol–water partition coefficient (Wildman–Crippen LogP) is 5.18. The largest absolute Gasteiger partial charge is 0.481 e. The SMILES string of the molecule is O=C(O)CCCC(=O)Nc1ccc(C2OC(CN3CCCCCCC3)CC(c3ccc(CO)cc3)O2)cc1. The van der Waals surface area contributed by atoms with Gasteiger partial charge in [-0.2, -0.15) is 0 Å². The Morgan fingerprint density at radius 1 is 0.868 bits per heavy atom. The average molecular weight is 525 g/mol. The summed E-state index contributed by atoms with van der Waals surface area (Å²) in [7, 11) is 0. The number of benzene rings is 2. The standard InChI is InChI=1S/C30H40N2O6/c33-21-22-9-11-23(12-10-22)27-19-26(20-32-17-4-2-1-3-5-18-32)37-30(38-27)24-13-15-25(16-14-24)31-28(34)7-6-8-29(35)36/h9-16,26-27,30,33H,1-8,17-21H2,(H,31,34)(H,35,36). The molecule has 4 rings (SSSR count). The molecule has 3 unspecified atom stereocenters. The maximum Gasteiger partial charge on any atom is 0.303 e. The minimum Gasteiger partial charge on any atom is -0.481 e. The second kappa shape index (κ2) is 14.4. The molecule has 0 bridgehead atoms. The first-order chi connectivity index (χ1) is 18.5. The molecule has 2 aliphatic heterocycles. The zero-order chi connectivity index (χ0) is 26.7. The highest BCUT2D eigenvalue weighted by atomic mass is 16.7. The Balaban J connectivity index is 1.43. The summed E-state index contributed by atoms with van der Waals surface area (Å²) in [6.07, 6.45) is 6.91. The van der Waals surface area contributed by atoms with Gasteiger partial charge in [0.2, 0.25) is 5.91 Å². The Morgan fingerprint density at radius 2 is 1.53 bits per heavy atom. The van der Waals surface area contributed by atoms with Crippen LogP contribution in [0.5, 0.6) is 0 Å². The molecule has 0 aromatic heterocycles. The maximum atomic E-state index is 12.1. The molecule has 2 heterocycles. The first-order valence-corrected chi connectivity index (χ1v) is 13.8. The van der Waals surface area contributed by atoms with Crippen LogP contribution < -0.4 is 5.32 Å². The van der Waals surface area contributed by atoms with Gasteiger partial charge in [0, 0.05) is 37.1 Å². The summed E-state index contributed by atoms with van der Waals surface area (Å²) in [5.41, 5.74) is 3.47. The summed E-state index contributed by atoms with van der Waals surface area (Å²) in [6.45, 7) is 3.08. The van der Waals surface area contributed by atoms with Crippen molar-refractivity contribution in [2.75, 3.05) is 25.0 Å². The van der Waals surface area contributed by atoms with E-state index in [9.17, 15) is 14.7 Å². The Hall–Kier alpha value is -2.78. The van der Waals surface area contributed by atoms with Crippen molar-refractivity contribution in [1.29, 1.82) is 0 Å². The molecular weight excluding hydrogens is 484 g/mol. The maximum absolute atomic E-state index is 12.1. The molecule has 2 saturated heterocycles. The second-order valence-electron chi connectivity index (χ2n) is 10.3. The van der Waals surface area contributed by atoms with Gasteiger partial charge in [-0.1, -0.05) is 55.7 Å². The van der Waals surface area contributed by atoms with Gasteiger partial charge in [-0.05, 0) is 55.6 Å². The summed E-state index contributed by atoms with van der Waals surface area (Å²) < 4.78 is 12.9. The molecule has 0 spiro atoms. The molecule has 2 aromatic carbocycles. The van der Waals surface area contributed by atoms with Crippen LogP contribution in [0.4, 0.5) is 5.69 Å². The highest BCUT2D eigenvalue weighted by Crippen LogP contribution is 2.38. The van der Waals surface area contributed by atoms with E-state index in [1.807, 2.05) is 48.5 Å². The van der Waals surface area contributed by atoms with Crippen LogP contribution in [-0.4, -0.2) is 52.7 Å². The third kappa shape index (κ3) is 8.63. The van der Waals surface area contributed by atoms with Crippen LogP contribution in [0.3, 0.4) is 0 Å². The molecular formula is C30H40N2O6. The van der Waals surface area contributed by atoms with E-state index in [0.717, 1.165) is 42.7 Å². The highest BCUT2D eigenvalue weighted by molar-refractivity contribution is 5.90. The molecule has 0 saturated carbocycles. The Labute approximate surface area is 224 Å². The van der Waals surface area contributed by atoms with E-state index >= 15 is 0 Å². The molecule has 2 aliphatic rings. The molecule has 3 atom stereocenters. The molecule has 1 amide bonds. The smallest absolute Gasteiger partial charge is 0.303 e. The van der Waals surface area contributed by atoms with Crippen LogP contribution in [0.25, 0.3) is 0 Å². The van der Waals surface area contributed by atoms with E-state index in [1.165, 1.54) is 32.1 Å². The molecule has 206 valence electrons. The number of aliphatic hydroxyl groups is 1. The van der Waals surface area contributed by atoms with Crippen molar-refractivity contribution in [3.63, 3.8) is 0 Å². The second-order valence-corrected chi connectivity index (χ2v) is 10.3. The van der Waals surface area contributed by atoms with Crippen LogP contribution >= 0.6 is 0 Å². The minimum atomic E-state index is -0.901. The van der Waals surface area contributed by atoms with Crippen molar-refractivity contribution in [1.82, 2.24) is 4.90 Å². The summed E-state index contributed by atoms with van der Waals surface area (Å²) in [6, 6.07) is 15.4. The monoisotopic (exact) mass is 524 g/mol. The van der Waals surface area contributed by atoms with Crippen LogP contribution in [0.1, 0.15) is 86.9 Å². The fourth-order valence-corrected chi connectivity index (χ4v) is 5.16. The number of carbonyl (C=O) groups is 2. The third-order valence-corrected chi connectivity index (χ3v) is 7.29. The number of nitrogens with zero attached hydrogens (tertiary/aromatic N) is 1. The number of anilines is 1. The molecule has 0 aliphatic carbocycles. The fraction of sp³-hybridized carbons (Fsp3) is 0.533. The number of nitrogens with one attached hydrogen (secondary N) is 1. The third-order valence-electron chi connectivity index (χ3n) is 7.29. The van der Waals surface area contributed by atoms with E-state index in [4.69, 9.17) is 14.6 Å². The number of hydrogen-bond acceptors (Lipinski definition) is 6. The van der Waals surface area contributed by atoms with Crippen LogP contribution in [-0.2, 0) is 25.7 Å². The predicted molar refractivity (Wildman–Crippen MR) is 145 cm³/mol. The molecule has 3 N–H and O–H groups in total. The number of rotatable bonds is 10. The quantitative estimate of drug-likeness (QED) is 0.393. The summed E-state index contributed by atoms with van der Waals surface area (Å²) in [5.74, 6) is -1.11. The summed E-state index contributed by atoms with van der Waals surface area (Å²) in [4.78, 5) is 25.3. The molecule has 2 aromatic rings. The topological polar surface area (TPSA) is 108 Å². The lowest BCUT2D eigenvalue weighted by atomic mass is 9.99. The average Bonchev–Trinajstić information content (AvgIpc) is 2.90. The van der Waals surface area contributed by atoms with Crippen molar-refractivity contribution in [2.45, 2.75) is 82.9 Å². The van der Waals surface area contributed by atoms with Gasteiger partial charge in [-0.15, -0.1) is 0 Å². The van der Waals surface area contributed by atoms with E-state index in [-0.39, 0.29) is 37.6 Å².